The van der Waals surface area contributed by atoms with Gasteiger partial charge in [0.1, 0.15) is 6.10 Å². The van der Waals surface area contributed by atoms with Crippen LogP contribution in [0.1, 0.15) is 65.7 Å². The number of esters is 1. The lowest BCUT2D eigenvalue weighted by atomic mass is 9.48. The Morgan fingerprint density at radius 1 is 1.12 bits per heavy atom. The van der Waals surface area contributed by atoms with E-state index in [1.807, 2.05) is 0 Å². The van der Waals surface area contributed by atoms with E-state index in [9.17, 15) is 4.79 Å². The summed E-state index contributed by atoms with van der Waals surface area (Å²) in [4.78, 5) is 11.3. The highest BCUT2D eigenvalue weighted by atomic mass is 127. The van der Waals surface area contributed by atoms with Crippen LogP contribution in [0.25, 0.3) is 0 Å². The highest BCUT2D eigenvalue weighted by Crippen LogP contribution is 2.65. The molecular formula is C21H29IO2. The highest BCUT2D eigenvalue weighted by molar-refractivity contribution is 14.1. The molecule has 0 aromatic heterocycles. The first-order chi connectivity index (χ1) is 11.3. The molecule has 0 N–H and O–H groups in total. The number of rotatable bonds is 1. The second-order valence-corrected chi connectivity index (χ2v) is 10.1. The quantitative estimate of drug-likeness (QED) is 0.292. The topological polar surface area (TPSA) is 26.3 Å². The van der Waals surface area contributed by atoms with Crippen molar-refractivity contribution in [1.29, 1.82) is 0 Å². The minimum Gasteiger partial charge on any atom is -0.462 e. The zero-order valence-corrected chi connectivity index (χ0v) is 17.3. The molecule has 2 saturated carbocycles. The molecule has 2 nitrogen and oxygen atoms in total. The summed E-state index contributed by atoms with van der Waals surface area (Å²) in [7, 11) is 0. The zero-order chi connectivity index (χ0) is 17.1. The van der Waals surface area contributed by atoms with Gasteiger partial charge in [-0.1, -0.05) is 31.6 Å². The lowest BCUT2D eigenvalue weighted by Crippen LogP contribution is -2.49. The van der Waals surface area contributed by atoms with Crippen LogP contribution in [0, 0.1) is 28.6 Å². The van der Waals surface area contributed by atoms with Gasteiger partial charge in [-0.05, 0) is 87.9 Å². The summed E-state index contributed by atoms with van der Waals surface area (Å²) in [5.41, 5.74) is 2.37. The van der Waals surface area contributed by atoms with Crippen molar-refractivity contribution in [2.24, 2.45) is 28.6 Å². The fourth-order valence-corrected chi connectivity index (χ4v) is 7.40. The third-order valence-corrected chi connectivity index (χ3v) is 9.55. The van der Waals surface area contributed by atoms with Crippen LogP contribution in [0.3, 0.4) is 0 Å². The Morgan fingerprint density at radius 3 is 2.62 bits per heavy atom. The Labute approximate surface area is 159 Å². The fourth-order valence-electron chi connectivity index (χ4n) is 6.48. The number of carbonyl (C=O) groups is 1. The Bertz CT molecular complexity index is 621. The summed E-state index contributed by atoms with van der Waals surface area (Å²) in [5, 5.41) is 0. The van der Waals surface area contributed by atoms with Crippen LogP contribution >= 0.6 is 22.6 Å². The largest absolute Gasteiger partial charge is 0.462 e. The van der Waals surface area contributed by atoms with E-state index in [2.05, 4.69) is 48.6 Å². The number of allylic oxidation sites excluding steroid dienone is 3. The van der Waals surface area contributed by atoms with Crippen LogP contribution in [-0.2, 0) is 9.53 Å². The molecule has 132 valence electrons. The zero-order valence-electron chi connectivity index (χ0n) is 15.1. The van der Waals surface area contributed by atoms with Crippen molar-refractivity contribution in [1.82, 2.24) is 0 Å². The van der Waals surface area contributed by atoms with Gasteiger partial charge in [0.2, 0.25) is 0 Å². The van der Waals surface area contributed by atoms with E-state index in [0.29, 0.717) is 10.8 Å². The summed E-state index contributed by atoms with van der Waals surface area (Å²) in [6.07, 6.45) is 13.6. The molecule has 0 aromatic rings. The molecule has 0 unspecified atom stereocenters. The Balaban J connectivity index is 1.59. The molecule has 6 atom stereocenters. The lowest BCUT2D eigenvalue weighted by Gasteiger charge is -2.57. The Morgan fingerprint density at radius 2 is 1.88 bits per heavy atom. The third-order valence-electron chi connectivity index (χ3n) is 7.88. The second kappa shape index (κ2) is 5.85. The van der Waals surface area contributed by atoms with Gasteiger partial charge in [0.25, 0.3) is 0 Å². The van der Waals surface area contributed by atoms with E-state index in [1.54, 1.807) is 9.15 Å². The Kier molecular flexibility index (Phi) is 4.17. The molecule has 0 spiro atoms. The van der Waals surface area contributed by atoms with Crippen molar-refractivity contribution in [2.75, 3.05) is 0 Å². The minimum atomic E-state index is -0.127. The molecule has 4 aliphatic rings. The maximum atomic E-state index is 11.3. The SMILES string of the molecule is CC(=O)O[C@H]1CC[C@@]2(C)C(=CC[C@@H]3[C@H]4CC=C(I)[C@@]4(C)CC[C@@H]32)C1. The van der Waals surface area contributed by atoms with Crippen molar-refractivity contribution in [3.8, 4) is 0 Å². The van der Waals surface area contributed by atoms with Crippen molar-refractivity contribution in [3.63, 3.8) is 0 Å². The van der Waals surface area contributed by atoms with Crippen molar-refractivity contribution >= 4 is 28.6 Å². The average molecular weight is 440 g/mol. The summed E-state index contributed by atoms with van der Waals surface area (Å²) in [6.45, 7) is 6.56. The first-order valence-electron chi connectivity index (χ1n) is 9.57. The summed E-state index contributed by atoms with van der Waals surface area (Å²) in [6, 6.07) is 0. The molecule has 0 bridgehead atoms. The van der Waals surface area contributed by atoms with Gasteiger partial charge in [0.05, 0.1) is 0 Å². The molecule has 0 saturated heterocycles. The molecule has 3 heteroatoms. The third kappa shape index (κ3) is 2.44. The minimum absolute atomic E-state index is 0.112. The molecule has 0 amide bonds. The van der Waals surface area contributed by atoms with Gasteiger partial charge < -0.3 is 4.74 Å². The molecule has 24 heavy (non-hydrogen) atoms. The fraction of sp³-hybridized carbons (Fsp3) is 0.762. The van der Waals surface area contributed by atoms with Crippen LogP contribution in [0.5, 0.6) is 0 Å². The van der Waals surface area contributed by atoms with E-state index in [-0.39, 0.29) is 12.1 Å². The maximum absolute atomic E-state index is 11.3. The highest BCUT2D eigenvalue weighted by Gasteiger charge is 2.56. The number of ether oxygens (including phenoxy) is 1. The summed E-state index contributed by atoms with van der Waals surface area (Å²) in [5.74, 6) is 2.37. The van der Waals surface area contributed by atoms with Crippen molar-refractivity contribution in [2.45, 2.75) is 71.8 Å². The smallest absolute Gasteiger partial charge is 0.302 e. The molecule has 4 rings (SSSR count). The van der Waals surface area contributed by atoms with Crippen LogP contribution in [0.2, 0.25) is 0 Å². The van der Waals surface area contributed by atoms with Gasteiger partial charge in [-0.3, -0.25) is 4.79 Å². The van der Waals surface area contributed by atoms with Gasteiger partial charge in [-0.2, -0.15) is 0 Å². The molecule has 0 aliphatic heterocycles. The van der Waals surface area contributed by atoms with Crippen LogP contribution < -0.4 is 0 Å². The van der Waals surface area contributed by atoms with Gasteiger partial charge in [-0.15, -0.1) is 0 Å². The number of hydrogen-bond donors (Lipinski definition) is 0. The predicted molar refractivity (Wildman–Crippen MR) is 105 cm³/mol. The standard InChI is InChI=1S/C21H29IO2/c1-13(23)24-15-8-10-20(2)14(12-15)4-5-16-17-6-7-19(22)21(17,3)11-9-18(16)20/h4,7,15-18H,5-6,8-12H2,1-3H3/t15-,16+,17+,18-,20-,21-/m0/s1. The molecular weight excluding hydrogens is 411 g/mol. The first-order valence-corrected chi connectivity index (χ1v) is 10.7. The van der Waals surface area contributed by atoms with Crippen LogP contribution in [0.4, 0.5) is 0 Å². The molecule has 0 radical (unpaired) electrons. The van der Waals surface area contributed by atoms with Crippen molar-refractivity contribution < 1.29 is 9.53 Å². The van der Waals surface area contributed by atoms with Gasteiger partial charge in [0.15, 0.2) is 0 Å². The van der Waals surface area contributed by atoms with E-state index in [0.717, 1.165) is 30.6 Å². The van der Waals surface area contributed by atoms with E-state index in [1.165, 1.54) is 39.0 Å². The second-order valence-electron chi connectivity index (χ2n) is 8.98. The molecule has 0 heterocycles. The van der Waals surface area contributed by atoms with E-state index in [4.69, 9.17) is 4.74 Å². The lowest BCUT2D eigenvalue weighted by molar-refractivity contribution is -0.148. The maximum Gasteiger partial charge on any atom is 0.302 e. The van der Waals surface area contributed by atoms with E-state index < -0.39 is 0 Å². The number of hydrogen-bond acceptors (Lipinski definition) is 2. The monoisotopic (exact) mass is 440 g/mol. The summed E-state index contributed by atoms with van der Waals surface area (Å²) >= 11 is 2.60. The predicted octanol–water partition coefficient (Wildman–Crippen LogP) is 5.81. The normalized spacial score (nSPS) is 47.0. The average Bonchev–Trinajstić information content (AvgIpc) is 2.83. The molecule has 2 fully saturated rings. The van der Waals surface area contributed by atoms with Gasteiger partial charge >= 0.3 is 5.97 Å². The number of fused-ring (bicyclic) bond motifs is 5. The van der Waals surface area contributed by atoms with Gasteiger partial charge in [-0.25, -0.2) is 0 Å². The summed E-state index contributed by atoms with van der Waals surface area (Å²) < 4.78 is 7.14. The molecule has 0 aromatic carbocycles. The van der Waals surface area contributed by atoms with Crippen molar-refractivity contribution in [3.05, 3.63) is 21.3 Å². The number of carbonyl (C=O) groups excluding carboxylic acids is 1. The van der Waals surface area contributed by atoms with E-state index >= 15 is 0 Å². The molecule has 4 aliphatic carbocycles. The van der Waals surface area contributed by atoms with Crippen LogP contribution in [-0.4, -0.2) is 12.1 Å². The Hall–Kier alpha value is -0.320. The number of halogens is 1. The first kappa shape index (κ1) is 17.1. The van der Waals surface area contributed by atoms with Crippen LogP contribution in [0.15, 0.2) is 21.3 Å². The van der Waals surface area contributed by atoms with Gasteiger partial charge in [0, 0.05) is 18.8 Å².